The highest BCUT2D eigenvalue weighted by Gasteiger charge is 2.26. The smallest absolute Gasteiger partial charge is 0.315 e. The minimum absolute atomic E-state index is 0.00763. The van der Waals surface area contributed by atoms with Gasteiger partial charge in [-0.25, -0.2) is 4.79 Å². The van der Waals surface area contributed by atoms with Crippen LogP contribution in [0.25, 0.3) is 0 Å². The van der Waals surface area contributed by atoms with Crippen molar-refractivity contribution in [3.05, 3.63) is 35.4 Å². The van der Waals surface area contributed by atoms with E-state index in [9.17, 15) is 14.4 Å². The van der Waals surface area contributed by atoms with Gasteiger partial charge in [-0.05, 0) is 56.7 Å². The maximum Gasteiger partial charge on any atom is 0.315 e. The molecule has 2 rings (SSSR count). The zero-order chi connectivity index (χ0) is 19.8. The van der Waals surface area contributed by atoms with Crippen molar-refractivity contribution in [3.8, 4) is 0 Å². The molecular formula is C20H29N3O4. The topological polar surface area (TPSA) is 108 Å². The molecule has 0 aliphatic heterocycles. The fourth-order valence-electron chi connectivity index (χ4n) is 3.14. The molecule has 0 heterocycles. The van der Waals surface area contributed by atoms with Crippen LogP contribution < -0.4 is 16.0 Å². The second-order valence-corrected chi connectivity index (χ2v) is 7.20. The van der Waals surface area contributed by atoms with Gasteiger partial charge in [0.05, 0.1) is 5.92 Å². The lowest BCUT2D eigenvalue weighted by atomic mass is 9.86. The van der Waals surface area contributed by atoms with E-state index < -0.39 is 5.97 Å². The number of carbonyl (C=O) groups excluding carboxylic acids is 2. The number of carboxylic acid groups (broad SMARTS) is 1. The second kappa shape index (κ2) is 9.94. The number of aliphatic carboxylic acids is 1. The van der Waals surface area contributed by atoms with E-state index in [1.54, 1.807) is 18.2 Å². The number of carboxylic acids is 1. The lowest BCUT2D eigenvalue weighted by Crippen LogP contribution is -2.43. The molecule has 1 saturated carbocycles. The standard InChI is InChI=1S/C20H29N3O4/c1-3-13(2)22-18(24)16-6-4-5-14(11-16)12-21-20(27)23-17-9-7-15(8-10-17)19(25)26/h4-6,11,13,15,17H,3,7-10,12H2,1-2H3,(H,22,24)(H,25,26)(H2,21,23,27). The molecule has 1 aliphatic carbocycles. The molecule has 1 unspecified atom stereocenters. The molecule has 7 nitrogen and oxygen atoms in total. The van der Waals surface area contributed by atoms with Crippen LogP contribution in [0.4, 0.5) is 4.79 Å². The summed E-state index contributed by atoms with van der Waals surface area (Å²) in [5, 5.41) is 17.6. The quantitative estimate of drug-likeness (QED) is 0.587. The summed E-state index contributed by atoms with van der Waals surface area (Å²) < 4.78 is 0. The van der Waals surface area contributed by atoms with Gasteiger partial charge in [0, 0.05) is 24.2 Å². The van der Waals surface area contributed by atoms with E-state index in [1.807, 2.05) is 19.9 Å². The van der Waals surface area contributed by atoms with Crippen molar-refractivity contribution >= 4 is 17.9 Å². The Bertz CT molecular complexity index is 669. The normalized spacial score (nSPS) is 20.4. The van der Waals surface area contributed by atoms with Gasteiger partial charge in [0.15, 0.2) is 0 Å². The van der Waals surface area contributed by atoms with Gasteiger partial charge in [0.1, 0.15) is 0 Å². The first kappa shape index (κ1) is 20.7. The van der Waals surface area contributed by atoms with Crippen LogP contribution in [0.5, 0.6) is 0 Å². The average molecular weight is 375 g/mol. The molecule has 4 N–H and O–H groups in total. The Morgan fingerprint density at radius 1 is 1.19 bits per heavy atom. The molecule has 0 spiro atoms. The summed E-state index contributed by atoms with van der Waals surface area (Å²) in [6, 6.07) is 7.03. The largest absolute Gasteiger partial charge is 0.481 e. The highest BCUT2D eigenvalue weighted by Crippen LogP contribution is 2.24. The Kier molecular flexibility index (Phi) is 7.64. The maximum atomic E-state index is 12.2. The molecule has 1 aliphatic rings. The summed E-state index contributed by atoms with van der Waals surface area (Å²) in [7, 11) is 0. The van der Waals surface area contributed by atoms with Crippen LogP contribution in [-0.2, 0) is 11.3 Å². The van der Waals surface area contributed by atoms with Gasteiger partial charge < -0.3 is 21.1 Å². The lowest BCUT2D eigenvalue weighted by molar-refractivity contribution is -0.142. The van der Waals surface area contributed by atoms with E-state index in [0.717, 1.165) is 12.0 Å². The number of urea groups is 1. The van der Waals surface area contributed by atoms with Gasteiger partial charge in [-0.3, -0.25) is 9.59 Å². The first-order chi connectivity index (χ1) is 12.9. The van der Waals surface area contributed by atoms with Gasteiger partial charge in [-0.2, -0.15) is 0 Å². The van der Waals surface area contributed by atoms with Gasteiger partial charge in [0.2, 0.25) is 0 Å². The van der Waals surface area contributed by atoms with E-state index in [4.69, 9.17) is 5.11 Å². The highest BCUT2D eigenvalue weighted by molar-refractivity contribution is 5.94. The van der Waals surface area contributed by atoms with Crippen LogP contribution in [-0.4, -0.2) is 35.1 Å². The predicted octanol–water partition coefficient (Wildman–Crippen LogP) is 2.66. The van der Waals surface area contributed by atoms with E-state index in [2.05, 4.69) is 16.0 Å². The summed E-state index contributed by atoms with van der Waals surface area (Å²) in [4.78, 5) is 35.2. The summed E-state index contributed by atoms with van der Waals surface area (Å²) >= 11 is 0. The van der Waals surface area contributed by atoms with Crippen LogP contribution in [0.1, 0.15) is 61.9 Å². The fourth-order valence-corrected chi connectivity index (χ4v) is 3.14. The molecule has 0 saturated heterocycles. The molecule has 1 aromatic rings. The second-order valence-electron chi connectivity index (χ2n) is 7.20. The zero-order valence-electron chi connectivity index (χ0n) is 16.0. The molecule has 0 bridgehead atoms. The average Bonchev–Trinajstić information content (AvgIpc) is 2.67. The van der Waals surface area contributed by atoms with Crippen molar-refractivity contribution in [1.29, 1.82) is 0 Å². The molecule has 0 aromatic heterocycles. The third-order valence-electron chi connectivity index (χ3n) is 5.04. The molecule has 27 heavy (non-hydrogen) atoms. The number of rotatable bonds is 7. The van der Waals surface area contributed by atoms with Crippen molar-refractivity contribution in [3.63, 3.8) is 0 Å². The molecule has 7 heteroatoms. The van der Waals surface area contributed by atoms with Crippen molar-refractivity contribution in [2.75, 3.05) is 0 Å². The number of nitrogens with one attached hydrogen (secondary N) is 3. The zero-order valence-corrected chi connectivity index (χ0v) is 16.0. The highest BCUT2D eigenvalue weighted by atomic mass is 16.4. The van der Waals surface area contributed by atoms with E-state index >= 15 is 0 Å². The number of hydrogen-bond donors (Lipinski definition) is 4. The van der Waals surface area contributed by atoms with Crippen LogP contribution in [0, 0.1) is 5.92 Å². The summed E-state index contributed by atoms with van der Waals surface area (Å²) in [6.07, 6.45) is 3.40. The predicted molar refractivity (Wildman–Crippen MR) is 102 cm³/mol. The van der Waals surface area contributed by atoms with Crippen molar-refractivity contribution in [2.24, 2.45) is 5.92 Å². The van der Waals surface area contributed by atoms with Crippen molar-refractivity contribution in [2.45, 2.75) is 64.6 Å². The molecule has 1 fully saturated rings. The molecule has 3 amide bonds. The van der Waals surface area contributed by atoms with Crippen LogP contribution in [0.15, 0.2) is 24.3 Å². The lowest BCUT2D eigenvalue weighted by Gasteiger charge is -2.26. The first-order valence-electron chi connectivity index (χ1n) is 9.56. The SMILES string of the molecule is CCC(C)NC(=O)c1cccc(CNC(=O)NC2CCC(C(=O)O)CC2)c1. The molecule has 1 aromatic carbocycles. The molecule has 148 valence electrons. The third-order valence-corrected chi connectivity index (χ3v) is 5.04. The van der Waals surface area contributed by atoms with Gasteiger partial charge in [-0.1, -0.05) is 19.1 Å². The number of amides is 3. The Hall–Kier alpha value is -2.57. The Morgan fingerprint density at radius 3 is 2.52 bits per heavy atom. The monoisotopic (exact) mass is 375 g/mol. The summed E-state index contributed by atoms with van der Waals surface area (Å²) in [5.74, 6) is -1.17. The fraction of sp³-hybridized carbons (Fsp3) is 0.550. The minimum atomic E-state index is -0.754. The molecule has 0 radical (unpaired) electrons. The van der Waals surface area contributed by atoms with E-state index in [0.29, 0.717) is 37.8 Å². The van der Waals surface area contributed by atoms with Crippen molar-refractivity contribution < 1.29 is 19.5 Å². The van der Waals surface area contributed by atoms with Gasteiger partial charge >= 0.3 is 12.0 Å². The minimum Gasteiger partial charge on any atom is -0.481 e. The Morgan fingerprint density at radius 2 is 1.89 bits per heavy atom. The number of hydrogen-bond acceptors (Lipinski definition) is 3. The number of benzene rings is 1. The van der Waals surface area contributed by atoms with E-state index in [-0.39, 0.29) is 29.9 Å². The van der Waals surface area contributed by atoms with Crippen LogP contribution in [0.2, 0.25) is 0 Å². The van der Waals surface area contributed by atoms with E-state index in [1.165, 1.54) is 0 Å². The Balaban J connectivity index is 1.79. The summed E-state index contributed by atoms with van der Waals surface area (Å²) in [5.41, 5.74) is 1.42. The van der Waals surface area contributed by atoms with Crippen LogP contribution >= 0.6 is 0 Å². The van der Waals surface area contributed by atoms with Crippen LogP contribution in [0.3, 0.4) is 0 Å². The first-order valence-corrected chi connectivity index (χ1v) is 9.56. The van der Waals surface area contributed by atoms with Gasteiger partial charge in [0.25, 0.3) is 5.91 Å². The Labute approximate surface area is 159 Å². The molecular weight excluding hydrogens is 346 g/mol. The number of carbonyl (C=O) groups is 3. The van der Waals surface area contributed by atoms with Crippen molar-refractivity contribution in [1.82, 2.24) is 16.0 Å². The van der Waals surface area contributed by atoms with Gasteiger partial charge in [-0.15, -0.1) is 0 Å². The third kappa shape index (κ3) is 6.58. The molecule has 1 atom stereocenters. The summed E-state index contributed by atoms with van der Waals surface area (Å²) in [6.45, 7) is 4.29. The maximum absolute atomic E-state index is 12.2.